The Labute approximate surface area is 137 Å². The van der Waals surface area contributed by atoms with E-state index in [1.807, 2.05) is 0 Å². The number of nitrogens with two attached hydrogens (primary N) is 1. The Morgan fingerprint density at radius 1 is 1.29 bits per heavy atom. The Bertz CT molecular complexity index is 616. The molecule has 2 rings (SSSR count). The Balaban J connectivity index is 0.00000220. The van der Waals surface area contributed by atoms with Crippen LogP contribution in [0.15, 0.2) is 21.5 Å². The van der Waals surface area contributed by atoms with Crippen LogP contribution in [0.3, 0.4) is 0 Å². The lowest BCUT2D eigenvalue weighted by molar-refractivity contribution is 0.256. The summed E-state index contributed by atoms with van der Waals surface area (Å²) < 4.78 is 53.4. The predicted octanol–water partition coefficient (Wildman–Crippen LogP) is 2.65. The van der Waals surface area contributed by atoms with Gasteiger partial charge in [-0.25, -0.2) is 17.2 Å². The highest BCUT2D eigenvalue weighted by Crippen LogP contribution is 2.29. The van der Waals surface area contributed by atoms with Gasteiger partial charge in [0.25, 0.3) is 0 Å². The van der Waals surface area contributed by atoms with Gasteiger partial charge in [0, 0.05) is 19.1 Å². The molecule has 2 N–H and O–H groups in total. The fourth-order valence-electron chi connectivity index (χ4n) is 2.35. The van der Waals surface area contributed by atoms with Crippen molar-refractivity contribution < 1.29 is 17.2 Å². The highest BCUT2D eigenvalue weighted by molar-refractivity contribution is 9.10. The second-order valence-corrected chi connectivity index (χ2v) is 7.41. The highest BCUT2D eigenvalue weighted by Gasteiger charge is 2.34. The van der Waals surface area contributed by atoms with Crippen molar-refractivity contribution in [2.24, 2.45) is 5.73 Å². The van der Waals surface area contributed by atoms with Gasteiger partial charge in [0.1, 0.15) is 16.5 Å². The second kappa shape index (κ2) is 7.32. The Morgan fingerprint density at radius 3 is 2.57 bits per heavy atom. The Hall–Kier alpha value is -0.280. The van der Waals surface area contributed by atoms with Crippen molar-refractivity contribution in [2.75, 3.05) is 13.1 Å². The summed E-state index contributed by atoms with van der Waals surface area (Å²) >= 11 is 2.83. The molecule has 1 fully saturated rings. The zero-order valence-corrected chi connectivity index (χ0v) is 14.3. The van der Waals surface area contributed by atoms with Gasteiger partial charge in [-0.3, -0.25) is 0 Å². The quantitative estimate of drug-likeness (QED) is 0.786. The molecule has 1 aromatic rings. The smallest absolute Gasteiger partial charge is 0.246 e. The van der Waals surface area contributed by atoms with Crippen LogP contribution in [0.4, 0.5) is 8.78 Å². The monoisotopic (exact) mass is 404 g/mol. The zero-order valence-electron chi connectivity index (χ0n) is 11.1. The standard InChI is InChI=1S/C12H15BrF2N2O2S.ClH/c13-9-5-11(15)12(6-10(9)14)20(18,19)17-4-2-1-3-8(17)7-16;/h5-6,8H,1-4,7,16H2;1H. The van der Waals surface area contributed by atoms with E-state index in [9.17, 15) is 17.2 Å². The highest BCUT2D eigenvalue weighted by atomic mass is 79.9. The summed E-state index contributed by atoms with van der Waals surface area (Å²) in [5.74, 6) is -1.79. The van der Waals surface area contributed by atoms with Crippen molar-refractivity contribution in [3.8, 4) is 0 Å². The summed E-state index contributed by atoms with van der Waals surface area (Å²) in [5, 5.41) is 0. The summed E-state index contributed by atoms with van der Waals surface area (Å²) in [5.41, 5.74) is 5.58. The number of nitrogens with zero attached hydrogens (tertiary/aromatic N) is 1. The molecule has 1 aromatic carbocycles. The third-order valence-electron chi connectivity index (χ3n) is 3.41. The number of piperidine rings is 1. The van der Waals surface area contributed by atoms with Crippen LogP contribution in [-0.2, 0) is 10.0 Å². The van der Waals surface area contributed by atoms with Crippen molar-refractivity contribution >= 4 is 38.4 Å². The molecule has 21 heavy (non-hydrogen) atoms. The third kappa shape index (κ3) is 3.73. The number of sulfonamides is 1. The number of hydrogen-bond acceptors (Lipinski definition) is 3. The van der Waals surface area contributed by atoms with Gasteiger partial charge in [-0.2, -0.15) is 4.31 Å². The van der Waals surface area contributed by atoms with Gasteiger partial charge in [0.2, 0.25) is 10.0 Å². The molecule has 0 bridgehead atoms. The van der Waals surface area contributed by atoms with E-state index < -0.39 is 26.6 Å². The van der Waals surface area contributed by atoms with Crippen molar-refractivity contribution in [1.82, 2.24) is 4.31 Å². The van der Waals surface area contributed by atoms with E-state index in [0.717, 1.165) is 12.5 Å². The lowest BCUT2D eigenvalue weighted by Gasteiger charge is -2.33. The molecular weight excluding hydrogens is 390 g/mol. The lowest BCUT2D eigenvalue weighted by Crippen LogP contribution is -2.47. The van der Waals surface area contributed by atoms with Crippen LogP contribution in [0, 0.1) is 11.6 Å². The Kier molecular flexibility index (Phi) is 6.54. The minimum atomic E-state index is -4.08. The maximum atomic E-state index is 13.9. The number of rotatable bonds is 3. The molecule has 0 spiro atoms. The van der Waals surface area contributed by atoms with Crippen molar-refractivity contribution in [3.63, 3.8) is 0 Å². The van der Waals surface area contributed by atoms with Crippen LogP contribution < -0.4 is 5.73 Å². The summed E-state index contributed by atoms with van der Waals surface area (Å²) in [6.45, 7) is 0.446. The summed E-state index contributed by atoms with van der Waals surface area (Å²) in [7, 11) is -4.08. The average Bonchev–Trinajstić information content (AvgIpc) is 2.42. The van der Waals surface area contributed by atoms with Gasteiger partial charge in [-0.1, -0.05) is 6.42 Å². The first-order valence-electron chi connectivity index (χ1n) is 6.24. The van der Waals surface area contributed by atoms with Crippen LogP contribution >= 0.6 is 28.3 Å². The van der Waals surface area contributed by atoms with E-state index in [1.165, 1.54) is 4.31 Å². The average molecular weight is 406 g/mol. The molecule has 120 valence electrons. The minimum absolute atomic E-state index is 0. The maximum Gasteiger partial charge on any atom is 0.246 e. The van der Waals surface area contributed by atoms with Crippen molar-refractivity contribution in [2.45, 2.75) is 30.2 Å². The molecule has 1 heterocycles. The first kappa shape index (κ1) is 18.8. The molecule has 4 nitrogen and oxygen atoms in total. The molecule has 1 aliphatic rings. The molecular formula is C12H16BrClF2N2O2S. The van der Waals surface area contributed by atoms with Gasteiger partial charge in [-0.15, -0.1) is 12.4 Å². The number of benzene rings is 1. The largest absolute Gasteiger partial charge is 0.329 e. The topological polar surface area (TPSA) is 63.4 Å². The Morgan fingerprint density at radius 2 is 1.95 bits per heavy atom. The lowest BCUT2D eigenvalue weighted by atomic mass is 10.1. The van der Waals surface area contributed by atoms with Crippen LogP contribution in [0.2, 0.25) is 0 Å². The van der Waals surface area contributed by atoms with Gasteiger partial charge < -0.3 is 5.73 Å². The number of halogens is 4. The molecule has 0 aromatic heterocycles. The van der Waals surface area contributed by atoms with Gasteiger partial charge >= 0.3 is 0 Å². The van der Waals surface area contributed by atoms with Crippen LogP contribution in [-0.4, -0.2) is 31.9 Å². The number of hydrogen-bond donors (Lipinski definition) is 1. The molecule has 1 unspecified atom stereocenters. The van der Waals surface area contributed by atoms with E-state index >= 15 is 0 Å². The molecule has 0 aliphatic carbocycles. The third-order valence-corrected chi connectivity index (χ3v) is 5.98. The van der Waals surface area contributed by atoms with E-state index in [-0.39, 0.29) is 36.0 Å². The van der Waals surface area contributed by atoms with Crippen LogP contribution in [0.5, 0.6) is 0 Å². The van der Waals surface area contributed by atoms with E-state index in [2.05, 4.69) is 15.9 Å². The molecule has 1 saturated heterocycles. The maximum absolute atomic E-state index is 13.9. The second-order valence-electron chi connectivity index (χ2n) is 4.70. The van der Waals surface area contributed by atoms with Gasteiger partial charge in [0.05, 0.1) is 4.47 Å². The van der Waals surface area contributed by atoms with E-state index in [1.54, 1.807) is 0 Å². The molecule has 0 saturated carbocycles. The molecule has 0 radical (unpaired) electrons. The SMILES string of the molecule is Cl.NCC1CCCCN1S(=O)(=O)c1cc(F)c(Br)cc1F. The van der Waals surface area contributed by atoms with E-state index in [0.29, 0.717) is 18.9 Å². The summed E-state index contributed by atoms with van der Waals surface area (Å²) in [6, 6.07) is 1.17. The van der Waals surface area contributed by atoms with Crippen molar-refractivity contribution in [1.29, 1.82) is 0 Å². The molecule has 0 amide bonds. The van der Waals surface area contributed by atoms with Gasteiger partial charge in [0.15, 0.2) is 0 Å². The fourth-order valence-corrected chi connectivity index (χ4v) is 4.43. The first-order valence-corrected chi connectivity index (χ1v) is 8.47. The van der Waals surface area contributed by atoms with Crippen LogP contribution in [0.1, 0.15) is 19.3 Å². The normalized spacial score (nSPS) is 20.1. The first-order chi connectivity index (χ1) is 9.37. The summed E-state index contributed by atoms with van der Waals surface area (Å²) in [4.78, 5) is -0.640. The molecule has 9 heteroatoms. The fraction of sp³-hybridized carbons (Fsp3) is 0.500. The molecule has 1 atom stereocenters. The van der Waals surface area contributed by atoms with E-state index in [4.69, 9.17) is 5.73 Å². The predicted molar refractivity (Wildman–Crippen MR) is 81.9 cm³/mol. The minimum Gasteiger partial charge on any atom is -0.329 e. The zero-order chi connectivity index (χ0) is 14.9. The van der Waals surface area contributed by atoms with Crippen molar-refractivity contribution in [3.05, 3.63) is 28.2 Å². The van der Waals surface area contributed by atoms with Gasteiger partial charge in [-0.05, 0) is 40.9 Å². The summed E-state index contributed by atoms with van der Waals surface area (Å²) in [6.07, 6.45) is 2.21. The molecule has 1 aliphatic heterocycles. The van der Waals surface area contributed by atoms with Crippen LogP contribution in [0.25, 0.3) is 0 Å².